The maximum Gasteiger partial charge on any atom is 0.225 e. The van der Waals surface area contributed by atoms with Gasteiger partial charge in [-0.2, -0.15) is 11.8 Å². The number of amides is 1. The van der Waals surface area contributed by atoms with Crippen molar-refractivity contribution >= 4 is 34.5 Å². The molecule has 1 N–H and O–H groups in total. The molecule has 7 heteroatoms. The number of rotatable bonds is 6. The monoisotopic (exact) mass is 373 g/mol. The summed E-state index contributed by atoms with van der Waals surface area (Å²) < 4.78 is 0. The van der Waals surface area contributed by atoms with Crippen LogP contribution in [0.15, 0.2) is 18.6 Å². The molecular weight excluding hydrogens is 346 g/mol. The Morgan fingerprint density at radius 3 is 2.88 bits per heavy atom. The van der Waals surface area contributed by atoms with Crippen molar-refractivity contribution in [2.45, 2.75) is 38.0 Å². The van der Waals surface area contributed by atoms with Gasteiger partial charge in [-0.1, -0.05) is 13.8 Å². The van der Waals surface area contributed by atoms with E-state index in [1.165, 1.54) is 18.6 Å². The first-order chi connectivity index (χ1) is 12.5. The Morgan fingerprint density at radius 2 is 2.15 bits per heavy atom. The smallest absolute Gasteiger partial charge is 0.225 e. The van der Waals surface area contributed by atoms with Crippen molar-refractivity contribution in [1.82, 2.24) is 19.9 Å². The summed E-state index contributed by atoms with van der Waals surface area (Å²) >= 11 is 2.05. The number of H-pyrrole nitrogens is 1. The summed E-state index contributed by atoms with van der Waals surface area (Å²) in [6, 6.07) is 2.61. The lowest BCUT2D eigenvalue weighted by molar-refractivity contribution is -0.137. The number of nitrogens with zero attached hydrogens (tertiary/aromatic N) is 4. The van der Waals surface area contributed by atoms with Crippen LogP contribution >= 0.6 is 11.8 Å². The molecule has 0 unspecified atom stereocenters. The molecule has 1 aliphatic heterocycles. The summed E-state index contributed by atoms with van der Waals surface area (Å²) in [6.07, 6.45) is 6.00. The zero-order valence-corrected chi connectivity index (χ0v) is 16.5. The second-order valence-corrected chi connectivity index (χ2v) is 9.23. The zero-order valence-electron chi connectivity index (χ0n) is 15.7. The van der Waals surface area contributed by atoms with Crippen LogP contribution in [0.25, 0.3) is 11.0 Å². The van der Waals surface area contributed by atoms with Gasteiger partial charge in [0.1, 0.15) is 17.8 Å². The lowest BCUT2D eigenvalue weighted by Gasteiger charge is -2.44. The summed E-state index contributed by atoms with van der Waals surface area (Å²) in [6.45, 7) is 5.83. The molecule has 1 saturated heterocycles. The molecule has 0 aromatic carbocycles. The van der Waals surface area contributed by atoms with Crippen molar-refractivity contribution in [3.05, 3.63) is 18.6 Å². The lowest BCUT2D eigenvalue weighted by atomic mass is 9.81. The number of thioether (sulfide) groups is 1. The van der Waals surface area contributed by atoms with Crippen molar-refractivity contribution in [3.63, 3.8) is 0 Å². The Labute approximate surface area is 158 Å². The van der Waals surface area contributed by atoms with E-state index in [0.717, 1.165) is 35.9 Å². The van der Waals surface area contributed by atoms with E-state index in [-0.39, 0.29) is 5.92 Å². The van der Waals surface area contributed by atoms with Gasteiger partial charge in [0, 0.05) is 43.5 Å². The number of carbonyl (C=O) groups excluding carboxylic acids is 1. The molecule has 4 rings (SSSR count). The second-order valence-electron chi connectivity index (χ2n) is 7.89. The van der Waals surface area contributed by atoms with E-state index in [4.69, 9.17) is 0 Å². The SMILES string of the molecule is CC(C)C(=O)N1CC(SC[C@H]2C[C@@H](N(C)c3ncnc4[nH]ccc34)C2)C1. The van der Waals surface area contributed by atoms with Crippen LogP contribution in [0.3, 0.4) is 0 Å². The van der Waals surface area contributed by atoms with Crippen LogP contribution in [-0.2, 0) is 4.79 Å². The minimum absolute atomic E-state index is 0.122. The number of nitrogens with one attached hydrogen (secondary N) is 1. The first-order valence-corrected chi connectivity index (χ1v) is 10.5. The Bertz CT molecular complexity index is 779. The third kappa shape index (κ3) is 3.29. The number of hydrogen-bond acceptors (Lipinski definition) is 5. The largest absolute Gasteiger partial charge is 0.356 e. The number of likely N-dealkylation sites (tertiary alicyclic amines) is 1. The zero-order chi connectivity index (χ0) is 18.3. The molecule has 0 radical (unpaired) electrons. The molecule has 1 aliphatic carbocycles. The third-order valence-corrected chi connectivity index (χ3v) is 7.08. The van der Waals surface area contributed by atoms with Gasteiger partial charge in [0.25, 0.3) is 0 Å². The fourth-order valence-corrected chi connectivity index (χ4v) is 5.21. The molecule has 26 heavy (non-hydrogen) atoms. The van der Waals surface area contributed by atoms with Crippen molar-refractivity contribution in [3.8, 4) is 0 Å². The normalized spacial score (nSPS) is 23.2. The summed E-state index contributed by atoms with van der Waals surface area (Å²) in [5.41, 5.74) is 0.902. The van der Waals surface area contributed by atoms with E-state index in [9.17, 15) is 4.79 Å². The highest BCUT2D eigenvalue weighted by Gasteiger charge is 2.36. The number of carbonyl (C=O) groups is 1. The molecule has 1 saturated carbocycles. The highest BCUT2D eigenvalue weighted by Crippen LogP contribution is 2.38. The van der Waals surface area contributed by atoms with E-state index in [1.54, 1.807) is 6.33 Å². The average molecular weight is 374 g/mol. The van der Waals surface area contributed by atoms with Gasteiger partial charge in [-0.3, -0.25) is 4.79 Å². The van der Waals surface area contributed by atoms with E-state index in [0.29, 0.717) is 17.2 Å². The summed E-state index contributed by atoms with van der Waals surface area (Å²) in [7, 11) is 2.14. The van der Waals surface area contributed by atoms with Crippen LogP contribution in [0.2, 0.25) is 0 Å². The number of hydrogen-bond donors (Lipinski definition) is 1. The van der Waals surface area contributed by atoms with Gasteiger partial charge in [0.15, 0.2) is 0 Å². The maximum absolute atomic E-state index is 11.9. The van der Waals surface area contributed by atoms with E-state index in [1.807, 2.05) is 31.0 Å². The van der Waals surface area contributed by atoms with Crippen LogP contribution in [0.4, 0.5) is 5.82 Å². The maximum atomic E-state index is 11.9. The molecular formula is C19H27N5OS. The quantitative estimate of drug-likeness (QED) is 0.843. The predicted molar refractivity (Wildman–Crippen MR) is 106 cm³/mol. The summed E-state index contributed by atoms with van der Waals surface area (Å²) in [4.78, 5) is 28.1. The van der Waals surface area contributed by atoms with Crippen molar-refractivity contribution in [1.29, 1.82) is 0 Å². The van der Waals surface area contributed by atoms with Crippen LogP contribution in [0, 0.1) is 11.8 Å². The van der Waals surface area contributed by atoms with Gasteiger partial charge in [0.05, 0.1) is 5.39 Å². The van der Waals surface area contributed by atoms with Crippen molar-refractivity contribution in [2.75, 3.05) is 30.8 Å². The second kappa shape index (κ2) is 7.10. The first-order valence-electron chi connectivity index (χ1n) is 9.44. The van der Waals surface area contributed by atoms with Crippen LogP contribution in [0.1, 0.15) is 26.7 Å². The minimum atomic E-state index is 0.122. The van der Waals surface area contributed by atoms with E-state index in [2.05, 4.69) is 38.7 Å². The molecule has 140 valence electrons. The summed E-state index contributed by atoms with van der Waals surface area (Å²) in [5, 5.41) is 1.73. The highest BCUT2D eigenvalue weighted by atomic mass is 32.2. The van der Waals surface area contributed by atoms with Crippen molar-refractivity contribution in [2.24, 2.45) is 11.8 Å². The Kier molecular flexibility index (Phi) is 4.82. The molecule has 2 aromatic rings. The van der Waals surface area contributed by atoms with Crippen LogP contribution in [-0.4, -0.2) is 62.9 Å². The number of anilines is 1. The molecule has 1 amide bonds. The van der Waals surface area contributed by atoms with Gasteiger partial charge in [-0.15, -0.1) is 0 Å². The Balaban J connectivity index is 1.21. The van der Waals surface area contributed by atoms with Crippen LogP contribution in [0.5, 0.6) is 0 Å². The molecule has 0 bridgehead atoms. The predicted octanol–water partition coefficient (Wildman–Crippen LogP) is 2.77. The number of fused-ring (bicyclic) bond motifs is 1. The molecule has 2 fully saturated rings. The Morgan fingerprint density at radius 1 is 1.38 bits per heavy atom. The Hall–Kier alpha value is -1.76. The molecule has 0 spiro atoms. The first kappa shape index (κ1) is 17.6. The van der Waals surface area contributed by atoms with Gasteiger partial charge < -0.3 is 14.8 Å². The van der Waals surface area contributed by atoms with Gasteiger partial charge in [0.2, 0.25) is 5.91 Å². The summed E-state index contributed by atoms with van der Waals surface area (Å²) in [5.74, 6) is 3.44. The van der Waals surface area contributed by atoms with Crippen LogP contribution < -0.4 is 4.90 Å². The topological polar surface area (TPSA) is 65.1 Å². The third-order valence-electron chi connectivity index (χ3n) is 5.65. The average Bonchev–Trinajstić information content (AvgIpc) is 3.02. The number of aromatic amines is 1. The van der Waals surface area contributed by atoms with E-state index >= 15 is 0 Å². The molecule has 0 atom stereocenters. The molecule has 2 aliphatic rings. The lowest BCUT2D eigenvalue weighted by Crippen LogP contribution is -2.53. The molecule has 2 aromatic heterocycles. The highest BCUT2D eigenvalue weighted by molar-refractivity contribution is 8.00. The van der Waals surface area contributed by atoms with E-state index < -0.39 is 0 Å². The standard InChI is InChI=1S/C19H27N5OS/c1-12(2)19(25)24-8-15(9-24)26-10-13-6-14(7-13)23(3)18-16-4-5-20-17(16)21-11-22-18/h4-5,11-15H,6-10H2,1-3H3,(H,20,21,22)/t13-,14+. The molecule has 3 heterocycles. The number of aromatic nitrogens is 3. The van der Waals surface area contributed by atoms with Gasteiger partial charge in [-0.25, -0.2) is 9.97 Å². The van der Waals surface area contributed by atoms with Gasteiger partial charge in [-0.05, 0) is 30.6 Å². The fraction of sp³-hybridized carbons (Fsp3) is 0.632. The fourth-order valence-electron chi connectivity index (χ4n) is 3.83. The van der Waals surface area contributed by atoms with Crippen molar-refractivity contribution < 1.29 is 4.79 Å². The van der Waals surface area contributed by atoms with Gasteiger partial charge >= 0.3 is 0 Å². The minimum Gasteiger partial charge on any atom is -0.356 e. The molecule has 6 nitrogen and oxygen atoms in total.